The summed E-state index contributed by atoms with van der Waals surface area (Å²) < 4.78 is 29.6. The van der Waals surface area contributed by atoms with E-state index in [1.54, 1.807) is 34.4 Å². The van der Waals surface area contributed by atoms with Crippen LogP contribution in [0.25, 0.3) is 0 Å². The highest BCUT2D eigenvalue weighted by molar-refractivity contribution is 14.0. The normalized spacial score (nSPS) is 10.8. The number of nitrogens with one attached hydrogen (secondary N) is 1. The Kier molecular flexibility index (Phi) is 10.6. The van der Waals surface area contributed by atoms with Gasteiger partial charge in [-0.3, -0.25) is 4.99 Å². The first-order chi connectivity index (χ1) is 13.5. The Labute approximate surface area is 189 Å². The van der Waals surface area contributed by atoms with Crippen molar-refractivity contribution in [2.75, 3.05) is 42.0 Å². The van der Waals surface area contributed by atoms with Crippen LogP contribution in [0.2, 0.25) is 0 Å². The lowest BCUT2D eigenvalue weighted by atomic mass is 10.1. The first-order valence-corrected chi connectivity index (χ1v) is 8.97. The molecule has 2 aromatic carbocycles. The molecule has 6 nitrogen and oxygen atoms in total. The lowest BCUT2D eigenvalue weighted by Gasteiger charge is -2.23. The number of guanidine groups is 1. The molecule has 0 radical (unpaired) electrons. The van der Waals surface area contributed by atoms with Crippen LogP contribution >= 0.6 is 24.0 Å². The molecule has 0 aliphatic rings. The lowest BCUT2D eigenvalue weighted by Crippen LogP contribution is -2.39. The number of nitrogens with zero attached hydrogens (tertiary/aromatic N) is 2. The van der Waals surface area contributed by atoms with Crippen LogP contribution in [-0.4, -0.2) is 52.8 Å². The van der Waals surface area contributed by atoms with E-state index in [4.69, 9.17) is 14.2 Å². The Hall–Kier alpha value is -2.23. The van der Waals surface area contributed by atoms with E-state index in [9.17, 15) is 4.39 Å². The van der Waals surface area contributed by atoms with Crippen molar-refractivity contribution in [3.8, 4) is 17.2 Å². The Balaban J connectivity index is 0.00000420. The number of benzene rings is 2. The highest BCUT2D eigenvalue weighted by Crippen LogP contribution is 2.34. The van der Waals surface area contributed by atoms with Crippen molar-refractivity contribution in [3.63, 3.8) is 0 Å². The van der Waals surface area contributed by atoms with Gasteiger partial charge in [0, 0.05) is 44.9 Å². The first kappa shape index (κ1) is 24.8. The molecule has 8 heteroatoms. The summed E-state index contributed by atoms with van der Waals surface area (Å²) in [6, 6.07) is 10.2. The Morgan fingerprint density at radius 1 is 1.07 bits per heavy atom. The number of aliphatic imine (C=N–C) groups is 1. The van der Waals surface area contributed by atoms with Gasteiger partial charge in [0.15, 0.2) is 5.96 Å². The molecule has 0 bridgehead atoms. The Morgan fingerprint density at radius 3 is 2.24 bits per heavy atom. The van der Waals surface area contributed by atoms with Crippen LogP contribution in [-0.2, 0) is 13.0 Å². The standard InChI is InChI=1S/C21H28FN3O3.HI/c1-23-21(25(2)14-15-7-6-8-16(22)11-15)24-10-9-18-19(27-4)12-17(26-3)13-20(18)28-5;/h6-8,11-13H,9-10,14H2,1-5H3,(H,23,24);1H. The molecule has 0 saturated carbocycles. The maximum atomic E-state index is 13.4. The van der Waals surface area contributed by atoms with Crippen LogP contribution in [0.3, 0.4) is 0 Å². The zero-order chi connectivity index (χ0) is 20.5. The summed E-state index contributed by atoms with van der Waals surface area (Å²) in [4.78, 5) is 6.25. The van der Waals surface area contributed by atoms with E-state index in [1.807, 2.05) is 30.1 Å². The largest absolute Gasteiger partial charge is 0.496 e. The molecule has 0 aromatic heterocycles. The molecular formula is C21H29FIN3O3. The summed E-state index contributed by atoms with van der Waals surface area (Å²) in [6.07, 6.45) is 0.670. The fourth-order valence-electron chi connectivity index (χ4n) is 2.99. The molecule has 0 aliphatic heterocycles. The van der Waals surface area contributed by atoms with E-state index in [-0.39, 0.29) is 29.8 Å². The highest BCUT2D eigenvalue weighted by Gasteiger charge is 2.14. The van der Waals surface area contributed by atoms with Gasteiger partial charge in [-0.1, -0.05) is 12.1 Å². The zero-order valence-corrected chi connectivity index (χ0v) is 19.8. The fraction of sp³-hybridized carbons (Fsp3) is 0.381. The summed E-state index contributed by atoms with van der Waals surface area (Å²) in [7, 11) is 8.48. The molecular weight excluding hydrogens is 488 g/mol. The predicted octanol–water partition coefficient (Wildman–Crippen LogP) is 3.72. The number of halogens is 2. The molecule has 0 unspecified atom stereocenters. The van der Waals surface area contributed by atoms with E-state index >= 15 is 0 Å². The summed E-state index contributed by atoms with van der Waals surface area (Å²) in [5.41, 5.74) is 1.82. The number of hydrogen-bond acceptors (Lipinski definition) is 4. The molecule has 2 aromatic rings. The molecule has 0 heterocycles. The second-order valence-corrected chi connectivity index (χ2v) is 6.22. The van der Waals surface area contributed by atoms with Crippen molar-refractivity contribution in [1.82, 2.24) is 10.2 Å². The van der Waals surface area contributed by atoms with Gasteiger partial charge in [-0.15, -0.1) is 24.0 Å². The second-order valence-electron chi connectivity index (χ2n) is 6.22. The first-order valence-electron chi connectivity index (χ1n) is 8.97. The molecule has 29 heavy (non-hydrogen) atoms. The summed E-state index contributed by atoms with van der Waals surface area (Å²) in [6.45, 7) is 1.17. The smallest absolute Gasteiger partial charge is 0.193 e. The van der Waals surface area contributed by atoms with Crippen LogP contribution in [0, 0.1) is 5.82 Å². The third-order valence-electron chi connectivity index (χ3n) is 4.36. The number of ether oxygens (including phenoxy) is 3. The van der Waals surface area contributed by atoms with Crippen LogP contribution in [0.5, 0.6) is 17.2 Å². The average molecular weight is 517 g/mol. The van der Waals surface area contributed by atoms with Crippen molar-refractivity contribution >= 4 is 29.9 Å². The summed E-state index contributed by atoms with van der Waals surface area (Å²) in [5, 5.41) is 3.32. The van der Waals surface area contributed by atoms with Crippen molar-refractivity contribution < 1.29 is 18.6 Å². The minimum absolute atomic E-state index is 0. The van der Waals surface area contributed by atoms with Crippen LogP contribution in [0.15, 0.2) is 41.4 Å². The van der Waals surface area contributed by atoms with Gasteiger partial charge in [-0.2, -0.15) is 0 Å². The molecule has 2 rings (SSSR count). The average Bonchev–Trinajstić information content (AvgIpc) is 2.70. The van der Waals surface area contributed by atoms with Gasteiger partial charge < -0.3 is 24.4 Å². The molecule has 1 N–H and O–H groups in total. The second kappa shape index (κ2) is 12.4. The molecule has 0 atom stereocenters. The van der Waals surface area contributed by atoms with E-state index in [2.05, 4.69) is 10.3 Å². The van der Waals surface area contributed by atoms with Gasteiger partial charge >= 0.3 is 0 Å². The number of methoxy groups -OCH3 is 3. The molecule has 0 aliphatic carbocycles. The quantitative estimate of drug-likeness (QED) is 0.329. The molecule has 0 fully saturated rings. The van der Waals surface area contributed by atoms with Gasteiger partial charge in [0.25, 0.3) is 0 Å². The minimum Gasteiger partial charge on any atom is -0.496 e. The fourth-order valence-corrected chi connectivity index (χ4v) is 2.99. The van der Waals surface area contributed by atoms with E-state index in [1.165, 1.54) is 12.1 Å². The number of hydrogen-bond donors (Lipinski definition) is 1. The monoisotopic (exact) mass is 517 g/mol. The van der Waals surface area contributed by atoms with Crippen LogP contribution in [0.4, 0.5) is 4.39 Å². The third-order valence-corrected chi connectivity index (χ3v) is 4.36. The zero-order valence-electron chi connectivity index (χ0n) is 17.5. The minimum atomic E-state index is -0.243. The van der Waals surface area contributed by atoms with Crippen molar-refractivity contribution in [2.45, 2.75) is 13.0 Å². The Morgan fingerprint density at radius 2 is 1.72 bits per heavy atom. The van der Waals surface area contributed by atoms with Crippen LogP contribution < -0.4 is 19.5 Å². The molecule has 0 spiro atoms. The van der Waals surface area contributed by atoms with Gasteiger partial charge in [0.2, 0.25) is 0 Å². The maximum Gasteiger partial charge on any atom is 0.193 e. The van der Waals surface area contributed by atoms with Gasteiger partial charge in [-0.05, 0) is 24.1 Å². The molecule has 0 saturated heterocycles. The van der Waals surface area contributed by atoms with Crippen molar-refractivity contribution in [1.29, 1.82) is 0 Å². The SMILES string of the molecule is CN=C(NCCc1c(OC)cc(OC)cc1OC)N(C)Cc1cccc(F)c1.I. The molecule has 160 valence electrons. The van der Waals surface area contributed by atoms with E-state index in [0.29, 0.717) is 36.8 Å². The van der Waals surface area contributed by atoms with Gasteiger partial charge in [-0.25, -0.2) is 4.39 Å². The summed E-state index contributed by atoms with van der Waals surface area (Å²) >= 11 is 0. The topological polar surface area (TPSA) is 55.3 Å². The van der Waals surface area contributed by atoms with Gasteiger partial charge in [0.05, 0.1) is 21.3 Å². The lowest BCUT2D eigenvalue weighted by molar-refractivity contribution is 0.368. The predicted molar refractivity (Wildman–Crippen MR) is 124 cm³/mol. The van der Waals surface area contributed by atoms with Crippen LogP contribution in [0.1, 0.15) is 11.1 Å². The van der Waals surface area contributed by atoms with Crippen molar-refractivity contribution in [2.24, 2.45) is 4.99 Å². The Bertz CT molecular complexity index is 793. The number of rotatable bonds is 8. The summed E-state index contributed by atoms with van der Waals surface area (Å²) in [5.74, 6) is 2.57. The molecule has 0 amide bonds. The third kappa shape index (κ3) is 6.95. The van der Waals surface area contributed by atoms with Crippen molar-refractivity contribution in [3.05, 3.63) is 53.3 Å². The van der Waals surface area contributed by atoms with E-state index < -0.39 is 0 Å². The van der Waals surface area contributed by atoms with Gasteiger partial charge in [0.1, 0.15) is 23.1 Å². The highest BCUT2D eigenvalue weighted by atomic mass is 127. The maximum absolute atomic E-state index is 13.4. The van der Waals surface area contributed by atoms with E-state index in [0.717, 1.165) is 17.1 Å².